The molecular formula is C6H8N2O2+. The molecule has 0 aliphatic carbocycles. The normalized spacial score (nSPS) is 17.5. The SMILES string of the molecule is CCC1=C(O)[N+]=C(O)N=C1. The molecule has 0 unspecified atom stereocenters. The van der Waals surface area contributed by atoms with Gasteiger partial charge in [0.2, 0.25) is 0 Å². The average Bonchev–Trinajstić information content (AvgIpc) is 1.88. The van der Waals surface area contributed by atoms with Gasteiger partial charge in [-0.15, -0.1) is 0 Å². The van der Waals surface area contributed by atoms with E-state index in [-0.39, 0.29) is 5.88 Å². The lowest BCUT2D eigenvalue weighted by Crippen LogP contribution is -2.12. The summed E-state index contributed by atoms with van der Waals surface area (Å²) in [5.41, 5.74) is 0.637. The molecule has 1 aliphatic heterocycles. The summed E-state index contributed by atoms with van der Waals surface area (Å²) in [5.74, 6) is -0.144. The molecule has 0 atom stereocenters. The van der Waals surface area contributed by atoms with Crippen LogP contribution in [0.1, 0.15) is 13.3 Å². The Morgan fingerprint density at radius 3 is 2.80 bits per heavy atom. The van der Waals surface area contributed by atoms with E-state index < -0.39 is 6.02 Å². The van der Waals surface area contributed by atoms with E-state index in [0.29, 0.717) is 12.0 Å². The molecule has 0 aromatic rings. The van der Waals surface area contributed by atoms with Crippen molar-refractivity contribution in [1.29, 1.82) is 0 Å². The lowest BCUT2D eigenvalue weighted by Gasteiger charge is -1.92. The molecule has 1 rings (SSSR count). The van der Waals surface area contributed by atoms with Gasteiger partial charge in [-0.1, -0.05) is 6.92 Å². The van der Waals surface area contributed by atoms with Crippen LogP contribution in [0.2, 0.25) is 0 Å². The highest BCUT2D eigenvalue weighted by atomic mass is 16.3. The van der Waals surface area contributed by atoms with E-state index in [1.54, 1.807) is 0 Å². The first-order valence-electron chi connectivity index (χ1n) is 2.98. The lowest BCUT2D eigenvalue weighted by atomic mass is 10.2. The summed E-state index contributed by atoms with van der Waals surface area (Å²) >= 11 is 0. The van der Waals surface area contributed by atoms with Gasteiger partial charge < -0.3 is 10.2 Å². The number of nitrogens with zero attached hydrogens (tertiary/aromatic N) is 2. The third-order valence-electron chi connectivity index (χ3n) is 1.21. The van der Waals surface area contributed by atoms with Gasteiger partial charge in [-0.25, -0.2) is 0 Å². The molecule has 0 fully saturated rings. The average molecular weight is 140 g/mol. The van der Waals surface area contributed by atoms with Crippen molar-refractivity contribution < 1.29 is 10.2 Å². The third-order valence-corrected chi connectivity index (χ3v) is 1.21. The zero-order chi connectivity index (χ0) is 7.56. The van der Waals surface area contributed by atoms with Crippen LogP contribution in [0.25, 0.3) is 0 Å². The van der Waals surface area contributed by atoms with Crippen LogP contribution in [0.4, 0.5) is 0 Å². The maximum atomic E-state index is 8.98. The summed E-state index contributed by atoms with van der Waals surface area (Å²) in [6.45, 7) is 1.87. The minimum Gasteiger partial charge on any atom is -0.475 e. The van der Waals surface area contributed by atoms with Gasteiger partial charge in [0, 0.05) is 4.99 Å². The van der Waals surface area contributed by atoms with E-state index in [1.807, 2.05) is 6.92 Å². The van der Waals surface area contributed by atoms with Crippen molar-refractivity contribution in [3.63, 3.8) is 0 Å². The Morgan fingerprint density at radius 2 is 2.30 bits per heavy atom. The highest BCUT2D eigenvalue weighted by molar-refractivity contribution is 5.92. The number of hydrogen-bond donors (Lipinski definition) is 2. The second-order valence-electron chi connectivity index (χ2n) is 1.87. The van der Waals surface area contributed by atoms with Crippen molar-refractivity contribution in [2.75, 3.05) is 0 Å². The van der Waals surface area contributed by atoms with Crippen LogP contribution in [-0.4, -0.2) is 22.4 Å². The summed E-state index contributed by atoms with van der Waals surface area (Å²) in [6.07, 6.45) is 2.06. The summed E-state index contributed by atoms with van der Waals surface area (Å²) in [7, 11) is 0. The van der Waals surface area contributed by atoms with Gasteiger partial charge in [-0.3, -0.25) is 0 Å². The molecule has 0 saturated heterocycles. The largest absolute Gasteiger partial charge is 0.541 e. The van der Waals surface area contributed by atoms with Crippen LogP contribution in [0.15, 0.2) is 16.4 Å². The van der Waals surface area contributed by atoms with Crippen LogP contribution < -0.4 is 4.99 Å². The minimum atomic E-state index is -0.394. The molecule has 0 aromatic heterocycles. The van der Waals surface area contributed by atoms with Gasteiger partial charge >= 0.3 is 11.9 Å². The number of aliphatic hydroxyl groups excluding tert-OH is 2. The van der Waals surface area contributed by atoms with E-state index in [1.165, 1.54) is 6.21 Å². The molecule has 0 bridgehead atoms. The van der Waals surface area contributed by atoms with Gasteiger partial charge in [0.05, 0.1) is 5.57 Å². The molecule has 4 nitrogen and oxygen atoms in total. The highest BCUT2D eigenvalue weighted by Crippen LogP contribution is 2.03. The van der Waals surface area contributed by atoms with Crippen molar-refractivity contribution in [3.8, 4) is 0 Å². The molecule has 0 saturated carbocycles. The van der Waals surface area contributed by atoms with E-state index in [0.717, 1.165) is 0 Å². The molecule has 2 N–H and O–H groups in total. The van der Waals surface area contributed by atoms with Gasteiger partial charge in [0.15, 0.2) is 6.21 Å². The van der Waals surface area contributed by atoms with Crippen LogP contribution in [-0.2, 0) is 0 Å². The molecule has 0 amide bonds. The van der Waals surface area contributed by atoms with Crippen LogP contribution in [0, 0.1) is 0 Å². The van der Waals surface area contributed by atoms with Gasteiger partial charge in [-0.2, -0.15) is 0 Å². The smallest absolute Gasteiger partial charge is 0.475 e. The Bertz CT molecular complexity index is 228. The number of aliphatic imine (C=N–C) groups is 2. The Morgan fingerprint density at radius 1 is 1.60 bits per heavy atom. The molecule has 1 aliphatic rings. The van der Waals surface area contributed by atoms with Gasteiger partial charge in [-0.05, 0) is 11.4 Å². The standard InChI is InChI=1S/C6H8N2O2/c1-2-4-3-7-6(10)8-5(4)9/h3H,2H2,1H3,(H2,7,9,10)/q+1. The molecule has 10 heavy (non-hydrogen) atoms. The zero-order valence-electron chi connectivity index (χ0n) is 5.57. The lowest BCUT2D eigenvalue weighted by molar-refractivity contribution is 0.378. The van der Waals surface area contributed by atoms with E-state index in [2.05, 4.69) is 9.98 Å². The Hall–Kier alpha value is -1.32. The fourth-order valence-electron chi connectivity index (χ4n) is 0.638. The van der Waals surface area contributed by atoms with E-state index in [9.17, 15) is 0 Å². The molecule has 0 aromatic carbocycles. The molecule has 1 radical (unpaired) electrons. The molecule has 4 heteroatoms. The fourth-order valence-corrected chi connectivity index (χ4v) is 0.638. The van der Waals surface area contributed by atoms with Gasteiger partial charge in [0.1, 0.15) is 0 Å². The number of aliphatic hydroxyl groups is 2. The molecule has 0 spiro atoms. The molecular weight excluding hydrogens is 132 g/mol. The first-order chi connectivity index (χ1) is 4.74. The van der Waals surface area contributed by atoms with Crippen LogP contribution >= 0.6 is 0 Å². The number of hydrogen-bond acceptors (Lipinski definition) is 3. The number of rotatable bonds is 1. The summed E-state index contributed by atoms with van der Waals surface area (Å²) in [5, 5.41) is 17.6. The number of amidine groups is 1. The van der Waals surface area contributed by atoms with Crippen molar-refractivity contribution in [2.24, 2.45) is 4.99 Å². The summed E-state index contributed by atoms with van der Waals surface area (Å²) in [6, 6.07) is -0.394. The van der Waals surface area contributed by atoms with Crippen LogP contribution in [0.5, 0.6) is 0 Å². The van der Waals surface area contributed by atoms with Crippen molar-refractivity contribution in [3.05, 3.63) is 11.5 Å². The van der Waals surface area contributed by atoms with E-state index >= 15 is 0 Å². The van der Waals surface area contributed by atoms with Crippen LogP contribution in [0.3, 0.4) is 0 Å². The van der Waals surface area contributed by atoms with Gasteiger partial charge in [0.25, 0.3) is 0 Å². The third kappa shape index (κ3) is 1.15. The topological polar surface area (TPSA) is 66.9 Å². The van der Waals surface area contributed by atoms with Crippen molar-refractivity contribution in [2.45, 2.75) is 13.3 Å². The predicted octanol–water partition coefficient (Wildman–Crippen LogP) is 0.500. The first-order valence-corrected chi connectivity index (χ1v) is 2.98. The maximum Gasteiger partial charge on any atom is 0.541 e. The number of allylic oxidation sites excluding steroid dienone is 1. The fraction of sp³-hybridized carbons (Fsp3) is 0.333. The monoisotopic (exact) mass is 140 g/mol. The Balaban J connectivity index is 2.95. The summed E-state index contributed by atoms with van der Waals surface area (Å²) in [4.78, 5) is 6.84. The predicted molar refractivity (Wildman–Crippen MR) is 38.2 cm³/mol. The maximum absolute atomic E-state index is 8.98. The highest BCUT2D eigenvalue weighted by Gasteiger charge is 2.18. The first kappa shape index (κ1) is 6.80. The quantitative estimate of drug-likeness (QED) is 0.557. The second kappa shape index (κ2) is 2.51. The van der Waals surface area contributed by atoms with Crippen molar-refractivity contribution >= 4 is 12.2 Å². The second-order valence-corrected chi connectivity index (χ2v) is 1.87. The molecule has 1 heterocycles. The Labute approximate surface area is 58.2 Å². The van der Waals surface area contributed by atoms with E-state index in [4.69, 9.17) is 10.2 Å². The molecule has 53 valence electrons. The summed E-state index contributed by atoms with van der Waals surface area (Å²) < 4.78 is 0. The Kier molecular flexibility index (Phi) is 1.71. The minimum absolute atomic E-state index is 0.144. The van der Waals surface area contributed by atoms with Crippen molar-refractivity contribution in [1.82, 2.24) is 4.99 Å². The zero-order valence-corrected chi connectivity index (χ0v) is 5.57.